The third-order valence-corrected chi connectivity index (χ3v) is 5.92. The Hall–Kier alpha value is -2.14. The Kier molecular flexibility index (Phi) is 3.85. The fourth-order valence-electron chi connectivity index (χ4n) is 4.03. The second-order valence-electron chi connectivity index (χ2n) is 7.35. The first-order chi connectivity index (χ1) is 12.7. The molecule has 2 aliphatic rings. The van der Waals surface area contributed by atoms with Crippen molar-refractivity contribution in [3.05, 3.63) is 64.4 Å². The first-order valence-electron chi connectivity index (χ1n) is 9.18. The van der Waals surface area contributed by atoms with Crippen LogP contribution in [0.25, 0.3) is 11.0 Å². The third kappa shape index (κ3) is 2.84. The van der Waals surface area contributed by atoms with E-state index in [2.05, 4.69) is 61.8 Å². The Morgan fingerprint density at radius 2 is 1.96 bits per heavy atom. The van der Waals surface area contributed by atoms with Crippen molar-refractivity contribution in [2.24, 2.45) is 0 Å². The monoisotopic (exact) mass is 409 g/mol. The maximum absolute atomic E-state index is 12.5. The molecule has 1 aliphatic heterocycles. The zero-order valence-electron chi connectivity index (χ0n) is 14.4. The number of imidazole rings is 1. The molecule has 2 fully saturated rings. The van der Waals surface area contributed by atoms with Crippen LogP contribution in [0.4, 0.5) is 0 Å². The van der Waals surface area contributed by atoms with Gasteiger partial charge in [-0.1, -0.05) is 40.2 Å². The largest absolute Gasteiger partial charge is 0.339 e. The topological polar surface area (TPSA) is 38.1 Å². The van der Waals surface area contributed by atoms with Gasteiger partial charge in [0.2, 0.25) is 5.91 Å². The van der Waals surface area contributed by atoms with E-state index in [0.717, 1.165) is 47.3 Å². The van der Waals surface area contributed by atoms with Crippen LogP contribution in [0.5, 0.6) is 0 Å². The molecule has 5 rings (SSSR count). The Morgan fingerprint density at radius 1 is 1.12 bits per heavy atom. The van der Waals surface area contributed by atoms with E-state index < -0.39 is 0 Å². The number of aromatic nitrogens is 2. The lowest BCUT2D eigenvalue weighted by molar-refractivity contribution is -0.128. The molecule has 0 bridgehead atoms. The number of hydrogen-bond donors (Lipinski definition) is 0. The highest BCUT2D eigenvalue weighted by molar-refractivity contribution is 9.10. The first-order valence-corrected chi connectivity index (χ1v) is 9.97. The van der Waals surface area contributed by atoms with Crippen molar-refractivity contribution in [2.45, 2.75) is 37.8 Å². The van der Waals surface area contributed by atoms with Gasteiger partial charge in [-0.2, -0.15) is 0 Å². The van der Waals surface area contributed by atoms with E-state index in [1.165, 1.54) is 5.56 Å². The minimum atomic E-state index is 0.183. The molecule has 3 aromatic rings. The average molecular weight is 410 g/mol. The van der Waals surface area contributed by atoms with Gasteiger partial charge >= 0.3 is 0 Å². The van der Waals surface area contributed by atoms with Crippen LogP contribution in [0.1, 0.15) is 36.6 Å². The molecule has 1 amide bonds. The lowest BCUT2D eigenvalue weighted by Gasteiger charge is -2.16. The average Bonchev–Trinajstić information content (AvgIpc) is 3.31. The van der Waals surface area contributed by atoms with Crippen LogP contribution in [-0.4, -0.2) is 32.9 Å². The summed E-state index contributed by atoms with van der Waals surface area (Å²) >= 11 is 3.56. The lowest BCUT2D eigenvalue weighted by atomic mass is 10.1. The molecule has 2 heterocycles. The highest BCUT2D eigenvalue weighted by Crippen LogP contribution is 2.37. The van der Waals surface area contributed by atoms with Crippen LogP contribution >= 0.6 is 15.9 Å². The molecule has 1 saturated carbocycles. The summed E-state index contributed by atoms with van der Waals surface area (Å²) in [7, 11) is 0. The fourth-order valence-corrected chi connectivity index (χ4v) is 4.48. The van der Waals surface area contributed by atoms with Crippen molar-refractivity contribution >= 4 is 32.9 Å². The number of para-hydroxylation sites is 2. The minimum Gasteiger partial charge on any atom is -0.339 e. The van der Waals surface area contributed by atoms with Gasteiger partial charge in [0, 0.05) is 35.9 Å². The minimum absolute atomic E-state index is 0.183. The molecule has 1 unspecified atom stereocenters. The molecular formula is C21H20BrN3O. The van der Waals surface area contributed by atoms with Crippen molar-refractivity contribution < 1.29 is 4.79 Å². The molecule has 132 valence electrons. The Balaban J connectivity index is 1.55. The lowest BCUT2D eigenvalue weighted by Crippen LogP contribution is -2.27. The molecule has 0 radical (unpaired) electrons. The van der Waals surface area contributed by atoms with E-state index in [4.69, 9.17) is 4.98 Å². The van der Waals surface area contributed by atoms with Gasteiger partial charge in [-0.05, 0) is 42.7 Å². The second kappa shape index (κ2) is 6.23. The maximum Gasteiger partial charge on any atom is 0.223 e. The van der Waals surface area contributed by atoms with Crippen LogP contribution in [0, 0.1) is 0 Å². The van der Waals surface area contributed by atoms with Crippen LogP contribution in [-0.2, 0) is 11.3 Å². The highest BCUT2D eigenvalue weighted by Gasteiger charge is 2.41. The van der Waals surface area contributed by atoms with E-state index in [-0.39, 0.29) is 5.92 Å². The molecular weight excluding hydrogens is 390 g/mol. The molecule has 1 atom stereocenters. The summed E-state index contributed by atoms with van der Waals surface area (Å²) in [6.07, 6.45) is 2.90. The number of fused-ring (bicyclic) bond motifs is 1. The zero-order valence-corrected chi connectivity index (χ0v) is 16.0. The predicted molar refractivity (Wildman–Crippen MR) is 105 cm³/mol. The highest BCUT2D eigenvalue weighted by atomic mass is 79.9. The van der Waals surface area contributed by atoms with Crippen molar-refractivity contribution in [3.8, 4) is 0 Å². The molecule has 26 heavy (non-hydrogen) atoms. The number of rotatable bonds is 4. The normalized spacial score (nSPS) is 20.3. The van der Waals surface area contributed by atoms with Gasteiger partial charge in [0.25, 0.3) is 0 Å². The molecule has 1 saturated heterocycles. The van der Waals surface area contributed by atoms with Gasteiger partial charge in [0.1, 0.15) is 5.82 Å². The zero-order chi connectivity index (χ0) is 17.7. The molecule has 0 spiro atoms. The summed E-state index contributed by atoms with van der Waals surface area (Å²) < 4.78 is 3.38. The summed E-state index contributed by atoms with van der Waals surface area (Å²) in [5, 5.41) is 0. The number of amides is 1. The number of halogens is 1. The third-order valence-electron chi connectivity index (χ3n) is 5.43. The van der Waals surface area contributed by atoms with Crippen molar-refractivity contribution in [1.29, 1.82) is 0 Å². The number of likely N-dealkylation sites (tertiary alicyclic amines) is 1. The number of nitrogens with zero attached hydrogens (tertiary/aromatic N) is 3. The number of carbonyl (C=O) groups excluding carboxylic acids is 1. The van der Waals surface area contributed by atoms with Crippen LogP contribution < -0.4 is 0 Å². The molecule has 1 aliphatic carbocycles. The summed E-state index contributed by atoms with van der Waals surface area (Å²) in [5.74, 6) is 1.52. The Bertz CT molecular complexity index is 992. The number of hydrogen-bond acceptors (Lipinski definition) is 2. The van der Waals surface area contributed by atoms with E-state index in [1.54, 1.807) is 0 Å². The van der Waals surface area contributed by atoms with E-state index >= 15 is 0 Å². The standard InChI is InChI=1S/C21H20BrN3O/c22-16-5-3-4-14(10-16)12-25-19-7-2-1-6-18(19)23-21(25)15-11-20(26)24(13-15)17-8-9-17/h1-7,10,15,17H,8-9,11-13H2. The van der Waals surface area contributed by atoms with E-state index in [1.807, 2.05) is 12.1 Å². The van der Waals surface area contributed by atoms with Gasteiger partial charge in [0.05, 0.1) is 11.0 Å². The van der Waals surface area contributed by atoms with Crippen molar-refractivity contribution in [3.63, 3.8) is 0 Å². The molecule has 5 heteroatoms. The molecule has 2 aromatic carbocycles. The molecule has 4 nitrogen and oxygen atoms in total. The summed E-state index contributed by atoms with van der Waals surface area (Å²) in [4.78, 5) is 19.5. The van der Waals surface area contributed by atoms with Crippen LogP contribution in [0.2, 0.25) is 0 Å². The van der Waals surface area contributed by atoms with Gasteiger partial charge < -0.3 is 9.47 Å². The quantitative estimate of drug-likeness (QED) is 0.643. The number of carbonyl (C=O) groups is 1. The fraction of sp³-hybridized carbons (Fsp3) is 0.333. The van der Waals surface area contributed by atoms with Gasteiger partial charge in [0.15, 0.2) is 0 Å². The van der Waals surface area contributed by atoms with Crippen molar-refractivity contribution in [2.75, 3.05) is 6.54 Å². The summed E-state index contributed by atoms with van der Waals surface area (Å²) in [5.41, 5.74) is 3.38. The summed E-state index contributed by atoms with van der Waals surface area (Å²) in [6.45, 7) is 1.58. The smallest absolute Gasteiger partial charge is 0.223 e. The van der Waals surface area contributed by atoms with Gasteiger partial charge in [-0.3, -0.25) is 4.79 Å². The van der Waals surface area contributed by atoms with E-state index in [9.17, 15) is 4.79 Å². The SMILES string of the molecule is O=C1CC(c2nc3ccccc3n2Cc2cccc(Br)c2)CN1C1CC1. The summed E-state index contributed by atoms with van der Waals surface area (Å²) in [6, 6.07) is 17.1. The van der Waals surface area contributed by atoms with Crippen LogP contribution in [0.3, 0.4) is 0 Å². The first kappa shape index (κ1) is 16.1. The Morgan fingerprint density at radius 3 is 2.77 bits per heavy atom. The van der Waals surface area contributed by atoms with E-state index in [0.29, 0.717) is 18.4 Å². The van der Waals surface area contributed by atoms with Crippen LogP contribution in [0.15, 0.2) is 53.0 Å². The number of benzene rings is 2. The maximum atomic E-state index is 12.5. The molecule has 1 aromatic heterocycles. The Labute approximate surface area is 161 Å². The predicted octanol–water partition coefficient (Wildman–Crippen LogP) is 4.33. The second-order valence-corrected chi connectivity index (χ2v) is 8.27. The van der Waals surface area contributed by atoms with Gasteiger partial charge in [-0.15, -0.1) is 0 Å². The van der Waals surface area contributed by atoms with Gasteiger partial charge in [-0.25, -0.2) is 4.98 Å². The molecule has 0 N–H and O–H groups in total. The van der Waals surface area contributed by atoms with Crippen molar-refractivity contribution in [1.82, 2.24) is 14.5 Å².